The molecule has 0 spiro atoms. The van der Waals surface area contributed by atoms with Crippen LogP contribution in [0.1, 0.15) is 0 Å². The summed E-state index contributed by atoms with van der Waals surface area (Å²) in [7, 11) is 0. The molecule has 0 aliphatic heterocycles. The number of aromatic nitrogens is 1. The van der Waals surface area contributed by atoms with Crippen molar-refractivity contribution in [1.82, 2.24) is 5.16 Å². The highest BCUT2D eigenvalue weighted by molar-refractivity contribution is 9.10. The monoisotopic (exact) mass is 335 g/mol. The minimum Gasteiger partial charge on any atom is -0.347 e. The number of rotatable bonds is 1. The first kappa shape index (κ1) is 10.2. The van der Waals surface area contributed by atoms with Gasteiger partial charge >= 0.3 is 0 Å². The van der Waals surface area contributed by atoms with Crippen molar-refractivity contribution in [2.45, 2.75) is 0 Å². The molecule has 1 aromatic carbocycles. The smallest absolute Gasteiger partial charge is 0.221 e. The van der Waals surface area contributed by atoms with Gasteiger partial charge in [0.2, 0.25) is 4.67 Å². The number of nitrogens with zero attached hydrogens (tertiary/aromatic N) is 1. The van der Waals surface area contributed by atoms with Gasteiger partial charge in [-0.2, -0.15) is 0 Å². The third-order valence-corrected chi connectivity index (χ3v) is 3.31. The lowest BCUT2D eigenvalue weighted by molar-refractivity contribution is 0.402. The molecule has 0 fully saturated rings. The van der Waals surface area contributed by atoms with Crippen molar-refractivity contribution < 1.29 is 4.52 Å². The van der Waals surface area contributed by atoms with Crippen molar-refractivity contribution in [2.24, 2.45) is 0 Å². The standard InChI is InChI=1S/C9H4Br2ClNO/c10-6-3-1-2-5(4-6)8-7(12)9(11)14-13-8/h1-4H. The lowest BCUT2D eigenvalue weighted by Crippen LogP contribution is -1.77. The summed E-state index contributed by atoms with van der Waals surface area (Å²) in [5.41, 5.74) is 1.55. The molecular weight excluding hydrogens is 333 g/mol. The van der Waals surface area contributed by atoms with Crippen LogP contribution in [0.3, 0.4) is 0 Å². The van der Waals surface area contributed by atoms with Gasteiger partial charge < -0.3 is 4.52 Å². The minimum absolute atomic E-state index is 0.453. The van der Waals surface area contributed by atoms with E-state index in [1.807, 2.05) is 24.3 Å². The fraction of sp³-hybridized carbons (Fsp3) is 0. The van der Waals surface area contributed by atoms with E-state index in [0.29, 0.717) is 15.4 Å². The first-order valence-electron chi connectivity index (χ1n) is 3.75. The summed E-state index contributed by atoms with van der Waals surface area (Å²) < 4.78 is 6.34. The summed E-state index contributed by atoms with van der Waals surface area (Å²) in [6.07, 6.45) is 0. The predicted octanol–water partition coefficient (Wildman–Crippen LogP) is 4.52. The average Bonchev–Trinajstić information content (AvgIpc) is 2.48. The zero-order valence-electron chi connectivity index (χ0n) is 6.80. The summed E-state index contributed by atoms with van der Waals surface area (Å²) in [4.78, 5) is 0. The van der Waals surface area contributed by atoms with Gasteiger partial charge in [0.25, 0.3) is 0 Å². The van der Waals surface area contributed by atoms with Crippen LogP contribution in [0, 0.1) is 0 Å². The van der Waals surface area contributed by atoms with E-state index in [9.17, 15) is 0 Å². The Bertz CT molecular complexity index is 470. The molecule has 5 heteroatoms. The first-order valence-corrected chi connectivity index (χ1v) is 5.71. The highest BCUT2D eigenvalue weighted by atomic mass is 79.9. The van der Waals surface area contributed by atoms with Crippen molar-refractivity contribution in [2.75, 3.05) is 0 Å². The van der Waals surface area contributed by atoms with E-state index in [4.69, 9.17) is 16.1 Å². The highest BCUT2D eigenvalue weighted by Crippen LogP contribution is 2.33. The molecular formula is C9H4Br2ClNO. The lowest BCUT2D eigenvalue weighted by atomic mass is 10.2. The molecule has 0 amide bonds. The van der Waals surface area contributed by atoms with Gasteiger partial charge in [-0.05, 0) is 28.1 Å². The fourth-order valence-electron chi connectivity index (χ4n) is 1.07. The molecule has 0 radical (unpaired) electrons. The second-order valence-corrected chi connectivity index (χ2v) is 4.64. The molecule has 0 unspecified atom stereocenters. The molecule has 2 rings (SSSR count). The van der Waals surface area contributed by atoms with E-state index in [0.717, 1.165) is 10.0 Å². The van der Waals surface area contributed by atoms with Gasteiger partial charge in [0.1, 0.15) is 10.7 Å². The molecule has 14 heavy (non-hydrogen) atoms. The summed E-state index contributed by atoms with van der Waals surface area (Å²) in [5, 5.41) is 4.34. The van der Waals surface area contributed by atoms with Gasteiger partial charge in [-0.3, -0.25) is 0 Å². The molecule has 0 atom stereocenters. The van der Waals surface area contributed by atoms with E-state index in [2.05, 4.69) is 37.0 Å². The Balaban J connectivity index is 2.55. The first-order chi connectivity index (χ1) is 6.68. The Kier molecular flexibility index (Phi) is 2.95. The molecule has 0 bridgehead atoms. The van der Waals surface area contributed by atoms with Crippen molar-refractivity contribution in [3.8, 4) is 11.3 Å². The fourth-order valence-corrected chi connectivity index (χ4v) is 1.91. The van der Waals surface area contributed by atoms with Gasteiger partial charge in [0.15, 0.2) is 0 Å². The van der Waals surface area contributed by atoms with Crippen LogP contribution in [0.2, 0.25) is 5.02 Å². The summed E-state index contributed by atoms with van der Waals surface area (Å²) >= 11 is 12.5. The van der Waals surface area contributed by atoms with Crippen LogP contribution >= 0.6 is 43.5 Å². The summed E-state index contributed by atoms with van der Waals surface area (Å²) in [5.74, 6) is 0. The van der Waals surface area contributed by atoms with Crippen LogP contribution < -0.4 is 0 Å². The molecule has 2 nitrogen and oxygen atoms in total. The van der Waals surface area contributed by atoms with Crippen LogP contribution in [0.5, 0.6) is 0 Å². The van der Waals surface area contributed by atoms with Crippen molar-refractivity contribution in [1.29, 1.82) is 0 Å². The average molecular weight is 337 g/mol. The molecule has 72 valence electrons. The SMILES string of the molecule is Clc1c(-c2cccc(Br)c2)noc1Br. The summed E-state index contributed by atoms with van der Waals surface area (Å²) in [6, 6.07) is 7.70. The Morgan fingerprint density at radius 2 is 2.07 bits per heavy atom. The Morgan fingerprint density at radius 1 is 1.29 bits per heavy atom. The number of hydrogen-bond acceptors (Lipinski definition) is 2. The van der Waals surface area contributed by atoms with Crippen molar-refractivity contribution in [3.63, 3.8) is 0 Å². The van der Waals surface area contributed by atoms with Gasteiger partial charge in [-0.25, -0.2) is 0 Å². The minimum atomic E-state index is 0.453. The van der Waals surface area contributed by atoms with Gasteiger partial charge in [0.05, 0.1) is 0 Å². The second-order valence-electron chi connectivity index (χ2n) is 2.63. The largest absolute Gasteiger partial charge is 0.347 e. The molecule has 0 saturated carbocycles. The number of halogens is 3. The molecule has 2 aromatic rings. The van der Waals surface area contributed by atoms with E-state index < -0.39 is 0 Å². The van der Waals surface area contributed by atoms with E-state index >= 15 is 0 Å². The lowest BCUT2D eigenvalue weighted by Gasteiger charge is -1.96. The van der Waals surface area contributed by atoms with Crippen molar-refractivity contribution >= 4 is 43.5 Å². The van der Waals surface area contributed by atoms with E-state index in [1.54, 1.807) is 0 Å². The Morgan fingerprint density at radius 3 is 2.64 bits per heavy atom. The van der Waals surface area contributed by atoms with Crippen LogP contribution in [0.25, 0.3) is 11.3 Å². The molecule has 1 heterocycles. The second kappa shape index (κ2) is 4.04. The third-order valence-electron chi connectivity index (χ3n) is 1.70. The van der Waals surface area contributed by atoms with Crippen LogP contribution in [-0.2, 0) is 0 Å². The van der Waals surface area contributed by atoms with Crippen LogP contribution in [-0.4, -0.2) is 5.16 Å². The molecule has 0 N–H and O–H groups in total. The van der Waals surface area contributed by atoms with E-state index in [-0.39, 0.29) is 0 Å². The van der Waals surface area contributed by atoms with Crippen LogP contribution in [0.4, 0.5) is 0 Å². The number of hydrogen-bond donors (Lipinski definition) is 0. The molecule has 0 aliphatic rings. The van der Waals surface area contributed by atoms with Crippen molar-refractivity contribution in [3.05, 3.63) is 38.4 Å². The maximum atomic E-state index is 5.98. The predicted molar refractivity (Wildman–Crippen MR) is 62.3 cm³/mol. The zero-order chi connectivity index (χ0) is 10.1. The summed E-state index contributed by atoms with van der Waals surface area (Å²) in [6.45, 7) is 0. The van der Waals surface area contributed by atoms with E-state index in [1.165, 1.54) is 0 Å². The maximum Gasteiger partial charge on any atom is 0.221 e. The molecule has 0 saturated heterocycles. The highest BCUT2D eigenvalue weighted by Gasteiger charge is 2.13. The quantitative estimate of drug-likeness (QED) is 0.765. The zero-order valence-corrected chi connectivity index (χ0v) is 10.7. The topological polar surface area (TPSA) is 26.0 Å². The molecule has 0 aliphatic carbocycles. The Hall–Kier alpha value is -0.320. The van der Waals surface area contributed by atoms with Gasteiger partial charge in [-0.15, -0.1) is 0 Å². The van der Waals surface area contributed by atoms with Gasteiger partial charge in [0, 0.05) is 10.0 Å². The molecule has 1 aromatic heterocycles. The Labute approximate surface area is 102 Å². The number of benzene rings is 1. The van der Waals surface area contributed by atoms with Gasteiger partial charge in [-0.1, -0.05) is 44.8 Å². The normalized spacial score (nSPS) is 10.5. The van der Waals surface area contributed by atoms with Crippen LogP contribution in [0.15, 0.2) is 37.9 Å². The maximum absolute atomic E-state index is 5.98. The third kappa shape index (κ3) is 1.87.